The van der Waals surface area contributed by atoms with Crippen LogP contribution in [0.2, 0.25) is 5.02 Å². The zero-order valence-electron chi connectivity index (χ0n) is 8.18. The molecule has 0 unspecified atom stereocenters. The third kappa shape index (κ3) is 3.10. The molecule has 0 spiro atoms. The van der Waals surface area contributed by atoms with Gasteiger partial charge in [0.15, 0.2) is 5.78 Å². The number of Topliss-reactive ketones (excluding diaryl/α,β-unsaturated/α-hetero) is 1. The lowest BCUT2D eigenvalue weighted by Crippen LogP contribution is -2.04. The molecule has 0 fully saturated rings. The second kappa shape index (κ2) is 4.94. The monoisotopic (exact) mass is 274 g/mol. The molecule has 3 heteroatoms. The molecule has 0 amide bonds. The summed E-state index contributed by atoms with van der Waals surface area (Å²) in [6.45, 7) is 4.06. The molecule has 0 saturated carbocycles. The summed E-state index contributed by atoms with van der Waals surface area (Å²) >= 11 is 9.12. The minimum Gasteiger partial charge on any atom is -0.294 e. The van der Waals surface area contributed by atoms with Gasteiger partial charge in [-0.1, -0.05) is 25.4 Å². The largest absolute Gasteiger partial charge is 0.294 e. The van der Waals surface area contributed by atoms with Crippen molar-refractivity contribution in [3.8, 4) is 0 Å². The van der Waals surface area contributed by atoms with Crippen LogP contribution in [-0.4, -0.2) is 5.78 Å². The molecule has 76 valence electrons. The van der Waals surface area contributed by atoms with Crippen molar-refractivity contribution in [1.82, 2.24) is 0 Å². The minimum atomic E-state index is 0.156. The molecule has 1 nitrogen and oxygen atoms in total. The summed E-state index contributed by atoms with van der Waals surface area (Å²) in [5.74, 6) is 0.536. The quantitative estimate of drug-likeness (QED) is 0.750. The van der Waals surface area contributed by atoms with E-state index < -0.39 is 0 Å². The van der Waals surface area contributed by atoms with Crippen molar-refractivity contribution in [2.24, 2.45) is 5.92 Å². The predicted octanol–water partition coefficient (Wildman–Crippen LogP) is 4.33. The number of hydrogen-bond acceptors (Lipinski definition) is 1. The Morgan fingerprint density at radius 3 is 2.64 bits per heavy atom. The van der Waals surface area contributed by atoms with Crippen molar-refractivity contribution >= 4 is 33.3 Å². The highest BCUT2D eigenvalue weighted by molar-refractivity contribution is 9.10. The number of rotatable bonds is 3. The fourth-order valence-electron chi connectivity index (χ4n) is 1.20. The van der Waals surface area contributed by atoms with Gasteiger partial charge >= 0.3 is 0 Å². The first-order valence-corrected chi connectivity index (χ1v) is 5.66. The van der Waals surface area contributed by atoms with E-state index in [0.29, 0.717) is 22.9 Å². The van der Waals surface area contributed by atoms with E-state index in [1.54, 1.807) is 18.2 Å². The Kier molecular flexibility index (Phi) is 4.14. The third-order valence-electron chi connectivity index (χ3n) is 1.83. The fourth-order valence-corrected chi connectivity index (χ4v) is 2.10. The second-order valence-corrected chi connectivity index (χ2v) is 4.94. The van der Waals surface area contributed by atoms with Gasteiger partial charge in [-0.25, -0.2) is 0 Å². The summed E-state index contributed by atoms with van der Waals surface area (Å²) in [6.07, 6.45) is 0.570. The average Bonchev–Trinajstić information content (AvgIpc) is 2.01. The van der Waals surface area contributed by atoms with E-state index in [0.717, 1.165) is 4.47 Å². The van der Waals surface area contributed by atoms with E-state index in [-0.39, 0.29) is 5.78 Å². The maximum Gasteiger partial charge on any atom is 0.164 e. The molecule has 0 aromatic heterocycles. The molecule has 1 rings (SSSR count). The van der Waals surface area contributed by atoms with Gasteiger partial charge in [-0.3, -0.25) is 4.79 Å². The van der Waals surface area contributed by atoms with Crippen LogP contribution in [0, 0.1) is 5.92 Å². The summed E-state index contributed by atoms with van der Waals surface area (Å²) in [5, 5.41) is 0.637. The van der Waals surface area contributed by atoms with Crippen molar-refractivity contribution < 1.29 is 4.79 Å². The van der Waals surface area contributed by atoms with Crippen molar-refractivity contribution in [2.75, 3.05) is 0 Å². The van der Waals surface area contributed by atoms with E-state index in [1.165, 1.54) is 0 Å². The fraction of sp³-hybridized carbons (Fsp3) is 0.364. The van der Waals surface area contributed by atoms with Crippen LogP contribution in [0.4, 0.5) is 0 Å². The molecule has 0 heterocycles. The van der Waals surface area contributed by atoms with Crippen molar-refractivity contribution in [2.45, 2.75) is 20.3 Å². The zero-order valence-corrected chi connectivity index (χ0v) is 10.5. The molecule has 0 aliphatic rings. The van der Waals surface area contributed by atoms with E-state index in [4.69, 9.17) is 11.6 Å². The second-order valence-electron chi connectivity index (χ2n) is 3.65. The predicted molar refractivity (Wildman–Crippen MR) is 62.9 cm³/mol. The van der Waals surface area contributed by atoms with E-state index >= 15 is 0 Å². The van der Waals surface area contributed by atoms with Gasteiger partial charge in [0, 0.05) is 21.5 Å². The van der Waals surface area contributed by atoms with Crippen LogP contribution in [0.1, 0.15) is 30.6 Å². The van der Waals surface area contributed by atoms with Gasteiger partial charge in [-0.05, 0) is 40.0 Å². The first-order chi connectivity index (χ1) is 6.50. The van der Waals surface area contributed by atoms with Gasteiger partial charge in [-0.2, -0.15) is 0 Å². The van der Waals surface area contributed by atoms with Crippen molar-refractivity contribution in [3.05, 3.63) is 33.3 Å². The van der Waals surface area contributed by atoms with E-state index in [1.807, 2.05) is 13.8 Å². The molecule has 1 aromatic carbocycles. The number of carbonyl (C=O) groups is 1. The Balaban J connectivity index is 2.90. The normalized spacial score (nSPS) is 10.6. The van der Waals surface area contributed by atoms with Crippen LogP contribution >= 0.6 is 27.5 Å². The van der Waals surface area contributed by atoms with Gasteiger partial charge < -0.3 is 0 Å². The molecular formula is C11H12BrClO. The topological polar surface area (TPSA) is 17.1 Å². The number of halogens is 2. The number of benzene rings is 1. The minimum absolute atomic E-state index is 0.156. The maximum absolute atomic E-state index is 11.7. The third-order valence-corrected chi connectivity index (χ3v) is 2.72. The van der Waals surface area contributed by atoms with Crippen LogP contribution in [-0.2, 0) is 0 Å². The standard InChI is InChI=1S/C11H12BrClO/c1-7(2)5-11(14)9-4-3-8(13)6-10(9)12/h3-4,6-7H,5H2,1-2H3. The highest BCUT2D eigenvalue weighted by Gasteiger charge is 2.11. The Hall–Kier alpha value is -0.340. The average molecular weight is 276 g/mol. The molecule has 0 aliphatic carbocycles. The molecular weight excluding hydrogens is 263 g/mol. The van der Waals surface area contributed by atoms with Gasteiger partial charge in [0.25, 0.3) is 0 Å². The first-order valence-electron chi connectivity index (χ1n) is 4.49. The van der Waals surface area contributed by atoms with Gasteiger partial charge in [0.1, 0.15) is 0 Å². The van der Waals surface area contributed by atoms with Crippen LogP contribution < -0.4 is 0 Å². The molecule has 0 bridgehead atoms. The van der Waals surface area contributed by atoms with Crippen molar-refractivity contribution in [3.63, 3.8) is 0 Å². The molecule has 0 saturated heterocycles. The van der Waals surface area contributed by atoms with Gasteiger partial charge in [0.05, 0.1) is 0 Å². The van der Waals surface area contributed by atoms with Crippen LogP contribution in [0.5, 0.6) is 0 Å². The Morgan fingerprint density at radius 1 is 1.50 bits per heavy atom. The summed E-state index contributed by atoms with van der Waals surface area (Å²) < 4.78 is 0.774. The molecule has 0 radical (unpaired) electrons. The number of hydrogen-bond donors (Lipinski definition) is 0. The highest BCUT2D eigenvalue weighted by atomic mass is 79.9. The Morgan fingerprint density at radius 2 is 2.14 bits per heavy atom. The first kappa shape index (κ1) is 11.7. The highest BCUT2D eigenvalue weighted by Crippen LogP contribution is 2.23. The number of carbonyl (C=O) groups excluding carboxylic acids is 1. The SMILES string of the molecule is CC(C)CC(=O)c1ccc(Cl)cc1Br. The van der Waals surface area contributed by atoms with Crippen LogP contribution in [0.15, 0.2) is 22.7 Å². The zero-order chi connectivity index (χ0) is 10.7. The molecule has 0 atom stereocenters. The summed E-state index contributed by atoms with van der Waals surface area (Å²) in [4.78, 5) is 11.7. The molecule has 0 aliphatic heterocycles. The number of ketones is 1. The van der Waals surface area contributed by atoms with E-state index in [9.17, 15) is 4.79 Å². The maximum atomic E-state index is 11.7. The summed E-state index contributed by atoms with van der Waals surface area (Å²) in [5.41, 5.74) is 0.711. The lowest BCUT2D eigenvalue weighted by atomic mass is 10.0. The van der Waals surface area contributed by atoms with Gasteiger partial charge in [0.2, 0.25) is 0 Å². The lowest BCUT2D eigenvalue weighted by molar-refractivity contribution is 0.0967. The summed E-state index contributed by atoms with van der Waals surface area (Å²) in [7, 11) is 0. The lowest BCUT2D eigenvalue weighted by Gasteiger charge is -2.06. The Labute approximate surface area is 97.6 Å². The Bertz CT molecular complexity index is 347. The van der Waals surface area contributed by atoms with Crippen LogP contribution in [0.3, 0.4) is 0 Å². The van der Waals surface area contributed by atoms with Gasteiger partial charge in [-0.15, -0.1) is 0 Å². The van der Waals surface area contributed by atoms with E-state index in [2.05, 4.69) is 15.9 Å². The summed E-state index contributed by atoms with van der Waals surface area (Å²) in [6, 6.07) is 5.24. The smallest absolute Gasteiger partial charge is 0.164 e. The molecule has 14 heavy (non-hydrogen) atoms. The molecule has 1 aromatic rings. The van der Waals surface area contributed by atoms with Crippen molar-refractivity contribution in [1.29, 1.82) is 0 Å². The van der Waals surface area contributed by atoms with Crippen LogP contribution in [0.25, 0.3) is 0 Å². The molecule has 0 N–H and O–H groups in total.